The average molecular weight is 386 g/mol. The fraction of sp³-hybridized carbons (Fsp3) is 0.529. The molecule has 1 saturated heterocycles. The first-order valence-corrected chi connectivity index (χ1v) is 9.38. The van der Waals surface area contributed by atoms with Crippen molar-refractivity contribution < 1.29 is 18.0 Å². The van der Waals surface area contributed by atoms with Gasteiger partial charge in [-0.15, -0.1) is 11.3 Å². The van der Waals surface area contributed by atoms with E-state index in [-0.39, 0.29) is 11.6 Å². The molecule has 0 aromatic carbocycles. The van der Waals surface area contributed by atoms with Gasteiger partial charge < -0.3 is 10.2 Å². The summed E-state index contributed by atoms with van der Waals surface area (Å²) < 4.78 is 39.4. The van der Waals surface area contributed by atoms with Crippen molar-refractivity contribution in [1.82, 2.24) is 20.0 Å². The highest BCUT2D eigenvalue weighted by Gasteiger charge is 2.35. The quantitative estimate of drug-likeness (QED) is 0.775. The van der Waals surface area contributed by atoms with Gasteiger partial charge >= 0.3 is 6.18 Å². The lowest BCUT2D eigenvalue weighted by Gasteiger charge is -2.14. The molecule has 2 aromatic heterocycles. The Kier molecular flexibility index (Phi) is 5.67. The number of carbonyl (C=O) groups is 1. The van der Waals surface area contributed by atoms with E-state index in [1.807, 2.05) is 0 Å². The Morgan fingerprint density at radius 2 is 2.04 bits per heavy atom. The highest BCUT2D eigenvalue weighted by molar-refractivity contribution is 7.17. The molecule has 3 rings (SSSR count). The Morgan fingerprint density at radius 1 is 1.31 bits per heavy atom. The largest absolute Gasteiger partial charge is 0.433 e. The molecule has 26 heavy (non-hydrogen) atoms. The van der Waals surface area contributed by atoms with Gasteiger partial charge in [0.25, 0.3) is 5.91 Å². The molecule has 0 spiro atoms. The van der Waals surface area contributed by atoms with Crippen LogP contribution in [0.3, 0.4) is 0 Å². The van der Waals surface area contributed by atoms with Crippen LogP contribution in [0.15, 0.2) is 18.2 Å². The second-order valence-corrected chi connectivity index (χ2v) is 7.44. The number of rotatable bonds is 6. The molecule has 0 radical (unpaired) electrons. The first-order chi connectivity index (χ1) is 12.3. The van der Waals surface area contributed by atoms with Crippen molar-refractivity contribution >= 4 is 17.2 Å². The Bertz CT molecular complexity index is 762. The van der Waals surface area contributed by atoms with Gasteiger partial charge in [-0.05, 0) is 57.1 Å². The minimum absolute atomic E-state index is 0.199. The van der Waals surface area contributed by atoms with Crippen molar-refractivity contribution in [2.75, 3.05) is 26.2 Å². The summed E-state index contributed by atoms with van der Waals surface area (Å²) in [6, 6.07) is 4.26. The topological polar surface area (TPSA) is 50.2 Å². The average Bonchev–Trinajstić information content (AvgIpc) is 3.30. The van der Waals surface area contributed by atoms with Crippen molar-refractivity contribution in [3.05, 3.63) is 28.8 Å². The second-order valence-electron chi connectivity index (χ2n) is 6.36. The SMILES string of the molecule is Cn1nc(-c2ccc(C(=O)NCCCN3CCCC3)s2)cc1C(F)(F)F. The van der Waals surface area contributed by atoms with Gasteiger partial charge in [-0.2, -0.15) is 18.3 Å². The molecule has 1 N–H and O–H groups in total. The molecule has 1 aliphatic rings. The number of alkyl halides is 3. The van der Waals surface area contributed by atoms with E-state index in [2.05, 4.69) is 15.3 Å². The predicted octanol–water partition coefficient (Wildman–Crippen LogP) is 3.38. The van der Waals surface area contributed by atoms with Gasteiger partial charge in [0.05, 0.1) is 9.75 Å². The summed E-state index contributed by atoms with van der Waals surface area (Å²) >= 11 is 1.14. The lowest BCUT2D eigenvalue weighted by molar-refractivity contribution is -0.143. The maximum atomic E-state index is 12.9. The zero-order valence-electron chi connectivity index (χ0n) is 14.5. The van der Waals surface area contributed by atoms with E-state index >= 15 is 0 Å². The highest BCUT2D eigenvalue weighted by atomic mass is 32.1. The molecule has 9 heteroatoms. The zero-order chi connectivity index (χ0) is 18.7. The Balaban J connectivity index is 1.56. The van der Waals surface area contributed by atoms with Crippen molar-refractivity contribution in [3.63, 3.8) is 0 Å². The Labute approximate surface area is 153 Å². The van der Waals surface area contributed by atoms with Gasteiger partial charge in [-0.3, -0.25) is 9.48 Å². The molecule has 0 atom stereocenters. The van der Waals surface area contributed by atoms with E-state index in [4.69, 9.17) is 0 Å². The van der Waals surface area contributed by atoms with Crippen LogP contribution in [0.1, 0.15) is 34.6 Å². The molecule has 1 aliphatic heterocycles. The third-order valence-electron chi connectivity index (χ3n) is 4.39. The summed E-state index contributed by atoms with van der Waals surface area (Å²) in [6.07, 6.45) is -1.08. The van der Waals surface area contributed by atoms with Gasteiger partial charge in [-0.1, -0.05) is 0 Å². The minimum atomic E-state index is -4.45. The van der Waals surface area contributed by atoms with Crippen molar-refractivity contribution in [2.24, 2.45) is 7.05 Å². The zero-order valence-corrected chi connectivity index (χ0v) is 15.3. The van der Waals surface area contributed by atoms with E-state index in [1.54, 1.807) is 12.1 Å². The summed E-state index contributed by atoms with van der Waals surface area (Å²) in [4.78, 5) is 15.6. The maximum Gasteiger partial charge on any atom is 0.433 e. The fourth-order valence-corrected chi connectivity index (χ4v) is 3.93. The Morgan fingerprint density at radius 3 is 2.69 bits per heavy atom. The molecule has 0 saturated carbocycles. The van der Waals surface area contributed by atoms with Crippen molar-refractivity contribution in [1.29, 1.82) is 0 Å². The second kappa shape index (κ2) is 7.79. The molecule has 5 nitrogen and oxygen atoms in total. The maximum absolute atomic E-state index is 12.9. The summed E-state index contributed by atoms with van der Waals surface area (Å²) in [5, 5.41) is 6.78. The normalized spacial score (nSPS) is 15.5. The molecular formula is C17H21F3N4OS. The first kappa shape index (κ1) is 18.9. The molecule has 142 valence electrons. The van der Waals surface area contributed by atoms with Crippen molar-refractivity contribution in [2.45, 2.75) is 25.4 Å². The van der Waals surface area contributed by atoms with Crippen LogP contribution < -0.4 is 5.32 Å². The van der Waals surface area contributed by atoms with Crippen LogP contribution in [0, 0.1) is 0 Å². The van der Waals surface area contributed by atoms with E-state index in [1.165, 1.54) is 19.9 Å². The fourth-order valence-electron chi connectivity index (χ4n) is 3.05. The molecule has 0 aliphatic carbocycles. The number of amides is 1. The molecule has 3 heterocycles. The van der Waals surface area contributed by atoms with Crippen LogP contribution in [0.25, 0.3) is 10.6 Å². The number of halogens is 3. The number of carbonyl (C=O) groups excluding carboxylic acids is 1. The van der Waals surface area contributed by atoms with Crippen molar-refractivity contribution in [3.8, 4) is 10.6 Å². The number of hydrogen-bond acceptors (Lipinski definition) is 4. The summed E-state index contributed by atoms with van der Waals surface area (Å²) in [5.74, 6) is -0.199. The van der Waals surface area contributed by atoms with Gasteiger partial charge in [-0.25, -0.2) is 0 Å². The van der Waals surface area contributed by atoms with Crippen LogP contribution in [0.2, 0.25) is 0 Å². The lowest BCUT2D eigenvalue weighted by atomic mass is 10.3. The van der Waals surface area contributed by atoms with E-state index in [9.17, 15) is 18.0 Å². The van der Waals surface area contributed by atoms with E-state index < -0.39 is 11.9 Å². The number of likely N-dealkylation sites (tertiary alicyclic amines) is 1. The monoisotopic (exact) mass is 386 g/mol. The lowest BCUT2D eigenvalue weighted by Crippen LogP contribution is -2.28. The number of nitrogens with zero attached hydrogens (tertiary/aromatic N) is 3. The molecule has 1 amide bonds. The molecular weight excluding hydrogens is 365 g/mol. The van der Waals surface area contributed by atoms with Crippen LogP contribution in [-0.2, 0) is 13.2 Å². The van der Waals surface area contributed by atoms with Crippen LogP contribution in [-0.4, -0.2) is 46.8 Å². The van der Waals surface area contributed by atoms with Gasteiger partial charge in [0, 0.05) is 13.6 Å². The predicted molar refractivity (Wildman–Crippen MR) is 94.1 cm³/mol. The van der Waals surface area contributed by atoms with E-state index in [0.717, 1.165) is 48.1 Å². The number of nitrogens with one attached hydrogen (secondary N) is 1. The number of aryl methyl sites for hydroxylation is 1. The molecule has 1 fully saturated rings. The van der Waals surface area contributed by atoms with E-state index in [0.29, 0.717) is 16.3 Å². The Hall–Kier alpha value is -1.87. The molecule has 0 unspecified atom stereocenters. The standard InChI is InChI=1S/C17H21F3N4OS/c1-23-15(17(18,19)20)11-12(22-23)13-5-6-14(26-13)16(25)21-7-4-10-24-8-2-3-9-24/h5-6,11H,2-4,7-10H2,1H3,(H,21,25). The van der Waals surface area contributed by atoms with Gasteiger partial charge in [0.2, 0.25) is 0 Å². The van der Waals surface area contributed by atoms with Crippen LogP contribution >= 0.6 is 11.3 Å². The summed E-state index contributed by atoms with van der Waals surface area (Å²) in [5.41, 5.74) is -0.591. The number of hydrogen-bond donors (Lipinski definition) is 1. The summed E-state index contributed by atoms with van der Waals surface area (Å²) in [7, 11) is 1.26. The third-order valence-corrected chi connectivity index (χ3v) is 5.49. The van der Waals surface area contributed by atoms with Gasteiger partial charge in [0.15, 0.2) is 0 Å². The summed E-state index contributed by atoms with van der Waals surface area (Å²) in [6.45, 7) is 3.83. The van der Waals surface area contributed by atoms with Crippen LogP contribution in [0.5, 0.6) is 0 Å². The minimum Gasteiger partial charge on any atom is -0.351 e. The smallest absolute Gasteiger partial charge is 0.351 e. The number of thiophene rings is 1. The first-order valence-electron chi connectivity index (χ1n) is 8.56. The molecule has 0 bridgehead atoms. The highest BCUT2D eigenvalue weighted by Crippen LogP contribution is 2.34. The van der Waals surface area contributed by atoms with Crippen LogP contribution in [0.4, 0.5) is 13.2 Å². The third kappa shape index (κ3) is 4.45. The molecule has 2 aromatic rings. The number of aromatic nitrogens is 2. The van der Waals surface area contributed by atoms with Gasteiger partial charge in [0.1, 0.15) is 11.4 Å².